The van der Waals surface area contributed by atoms with E-state index in [2.05, 4.69) is 28.2 Å². The molecule has 0 aliphatic rings. The molecule has 0 rings (SSSR count). The summed E-state index contributed by atoms with van der Waals surface area (Å²) in [6, 6.07) is 0. The van der Waals surface area contributed by atoms with Crippen LogP contribution in [-0.2, 0) is 10.1 Å². The van der Waals surface area contributed by atoms with Crippen molar-refractivity contribution in [3.05, 3.63) is 0 Å². The predicted molar refractivity (Wildman–Crippen MR) is 86.1 cm³/mol. The van der Waals surface area contributed by atoms with Crippen LogP contribution in [0.15, 0.2) is 0 Å². The molecule has 0 heterocycles. The summed E-state index contributed by atoms with van der Waals surface area (Å²) >= 11 is 0. The molecule has 26 heteroatoms. The van der Waals surface area contributed by atoms with Gasteiger partial charge in [0.1, 0.15) is 0 Å². The summed E-state index contributed by atoms with van der Waals surface area (Å²) in [6.07, 6.45) is -8.08. The third kappa shape index (κ3) is 5.84. The highest BCUT2D eigenvalue weighted by Crippen LogP contribution is 2.66. The van der Waals surface area contributed by atoms with Gasteiger partial charge in [0.05, 0.1) is 28.2 Å². The van der Waals surface area contributed by atoms with Crippen molar-refractivity contribution in [1.82, 2.24) is 0 Å². The maximum atomic E-state index is 13.3. The largest absolute Gasteiger partial charge is 0.460 e. The zero-order valence-electron chi connectivity index (χ0n) is 19.1. The zero-order valence-corrected chi connectivity index (χ0v) is 19.9. The molecule has 0 unspecified atom stereocenters. The minimum atomic E-state index is -9.38. The van der Waals surface area contributed by atoms with Crippen LogP contribution in [0, 0.1) is 0 Å². The first kappa shape index (κ1) is 40.5. The van der Waals surface area contributed by atoms with Gasteiger partial charge in [0, 0.05) is 0 Å². The Hall–Kier alpha value is -1.60. The Labute approximate surface area is 208 Å². The highest BCUT2D eigenvalue weighted by atomic mass is 32.2. The molecule has 0 atom stereocenters. The smallest absolute Gasteiger partial charge is 0.333 e. The number of nitrogens with zero attached hydrogens (tertiary/aromatic N) is 1. The van der Waals surface area contributed by atoms with Gasteiger partial charge >= 0.3 is 68.9 Å². The number of hydrogen-bond donors (Lipinski definition) is 1. The van der Waals surface area contributed by atoms with Crippen molar-refractivity contribution in [2.75, 3.05) is 28.2 Å². The Morgan fingerprint density at radius 2 is 0.550 bits per heavy atom. The molecule has 0 aromatic heterocycles. The second-order valence-electron chi connectivity index (χ2n) is 8.77. The zero-order chi connectivity index (χ0) is 34.0. The Balaban J connectivity index is 0. The molecule has 0 fully saturated rings. The molecule has 0 aromatic carbocycles. The first-order valence-corrected chi connectivity index (χ1v) is 10.2. The first-order chi connectivity index (χ1) is 16.5. The van der Waals surface area contributed by atoms with Gasteiger partial charge in [-0.05, 0) is 0 Å². The molecule has 244 valence electrons. The van der Waals surface area contributed by atoms with Crippen molar-refractivity contribution in [3.63, 3.8) is 0 Å². The van der Waals surface area contributed by atoms with Crippen LogP contribution in [-0.4, -0.2) is 104 Å². The van der Waals surface area contributed by atoms with E-state index in [9.17, 15) is 101 Å². The van der Waals surface area contributed by atoms with Gasteiger partial charge < -0.3 is 4.48 Å². The fourth-order valence-corrected chi connectivity index (χ4v) is 2.16. The molecule has 4 nitrogen and oxygen atoms in total. The van der Waals surface area contributed by atoms with E-state index < -0.39 is 68.9 Å². The molecule has 1 N–H and O–H groups in total. The molecule has 0 saturated heterocycles. The lowest BCUT2D eigenvalue weighted by molar-refractivity contribution is -0.849. The number of quaternary nitrogens is 1. The van der Waals surface area contributed by atoms with Crippen molar-refractivity contribution in [3.8, 4) is 0 Å². The van der Waals surface area contributed by atoms with E-state index in [1.165, 1.54) is 0 Å². The van der Waals surface area contributed by atoms with Crippen molar-refractivity contribution in [1.29, 1.82) is 0 Å². The summed E-state index contributed by atoms with van der Waals surface area (Å²) in [5, 5.41) is -8.06. The van der Waals surface area contributed by atoms with E-state index in [-0.39, 0.29) is 0 Å². The van der Waals surface area contributed by atoms with Gasteiger partial charge in [-0.3, -0.25) is 4.55 Å². The van der Waals surface area contributed by atoms with Crippen LogP contribution in [0.2, 0.25) is 0 Å². The lowest BCUT2D eigenvalue weighted by Crippen LogP contribution is -2.77. The summed E-state index contributed by atoms with van der Waals surface area (Å²) in [7, 11) is 0.407. The highest BCUT2D eigenvalue weighted by molar-refractivity contribution is 7.87. The Bertz CT molecular complexity index is 1000. The molecule has 0 spiro atoms. The summed E-state index contributed by atoms with van der Waals surface area (Å²) in [5.41, 5.74) is 0. The number of halogens is 21. The monoisotopic (exact) mass is 674 g/mol. The maximum absolute atomic E-state index is 13.3. The van der Waals surface area contributed by atoms with Gasteiger partial charge in [0.15, 0.2) is 0 Å². The second-order valence-corrected chi connectivity index (χ2v) is 10.2. The third-order valence-corrected chi connectivity index (χ3v) is 4.71. The van der Waals surface area contributed by atoms with Gasteiger partial charge in [-0.15, -0.1) is 0 Å². The fourth-order valence-electron chi connectivity index (χ4n) is 1.71. The van der Waals surface area contributed by atoms with Crippen molar-refractivity contribution in [2.24, 2.45) is 0 Å². The molecule has 0 amide bonds. The van der Waals surface area contributed by atoms with Crippen molar-refractivity contribution >= 4 is 10.1 Å². The number of rotatable bonds is 9. The Morgan fingerprint density at radius 1 is 0.400 bits per heavy atom. The minimum Gasteiger partial charge on any atom is -0.333 e. The predicted octanol–water partition coefficient (Wildman–Crippen LogP) is 6.43. The van der Waals surface area contributed by atoms with E-state index in [1.807, 2.05) is 0 Å². The third-order valence-electron chi connectivity index (χ3n) is 3.81. The average molecular weight is 674 g/mol. The molecule has 0 bridgehead atoms. The van der Waals surface area contributed by atoms with Crippen LogP contribution in [0.25, 0.3) is 0 Å². The lowest BCUT2D eigenvalue weighted by Gasteiger charge is -2.44. The van der Waals surface area contributed by atoms with Crippen LogP contribution in [0.3, 0.4) is 0 Å². The van der Waals surface area contributed by atoms with E-state index in [0.717, 1.165) is 4.48 Å². The molecular formula is C14H13F21NO3S+. The minimum absolute atomic E-state index is 1.00. The molecule has 0 aromatic rings. The van der Waals surface area contributed by atoms with Gasteiger partial charge in [0.2, 0.25) is 0 Å². The maximum Gasteiger partial charge on any atom is 0.460 e. The molecule has 0 radical (unpaired) electrons. The fraction of sp³-hybridized carbons (Fsp3) is 1.00. The average Bonchev–Trinajstić information content (AvgIpc) is 2.63. The standard InChI is InChI=1S/C10HF21O3S.C4H12N/c11-1(12,3(15,16)5(19,20)7(23,24)9(27,28)29)2(13,14)4(17,18)6(21,22)8(25,26)10(30,31)35(32,33)34;1-5(2,3)4/h(H,32,33,34);1-4H3/q;+1. The van der Waals surface area contributed by atoms with Crippen molar-refractivity contribution < 1.29 is 110 Å². The molecule has 0 saturated carbocycles. The lowest BCUT2D eigenvalue weighted by atomic mass is 9.87. The highest BCUT2D eigenvalue weighted by Gasteiger charge is 2.98. The van der Waals surface area contributed by atoms with E-state index in [4.69, 9.17) is 4.55 Å². The number of alkyl halides is 21. The summed E-state index contributed by atoms with van der Waals surface area (Å²) in [6.45, 7) is 0. The molecule has 0 aliphatic carbocycles. The van der Waals surface area contributed by atoms with Crippen LogP contribution >= 0.6 is 0 Å². The van der Waals surface area contributed by atoms with Gasteiger partial charge in [-0.1, -0.05) is 0 Å². The quantitative estimate of drug-likeness (QED) is 0.174. The normalized spacial score (nSPS) is 16.4. The molecule has 40 heavy (non-hydrogen) atoms. The molecular weight excluding hydrogens is 661 g/mol. The van der Waals surface area contributed by atoms with Gasteiger partial charge in [0.25, 0.3) is 0 Å². The van der Waals surface area contributed by atoms with Gasteiger partial charge in [-0.25, -0.2) is 0 Å². The van der Waals surface area contributed by atoms with Crippen LogP contribution in [0.5, 0.6) is 0 Å². The Morgan fingerprint density at radius 3 is 0.700 bits per heavy atom. The van der Waals surface area contributed by atoms with Crippen LogP contribution in [0.1, 0.15) is 0 Å². The second kappa shape index (κ2) is 10.00. The number of hydrogen-bond acceptors (Lipinski definition) is 2. The summed E-state index contributed by atoms with van der Waals surface area (Å²) in [5.74, 6) is -72.6. The topological polar surface area (TPSA) is 54.4 Å². The van der Waals surface area contributed by atoms with Gasteiger partial charge in [-0.2, -0.15) is 101 Å². The van der Waals surface area contributed by atoms with Crippen LogP contribution in [0.4, 0.5) is 92.2 Å². The van der Waals surface area contributed by atoms with Crippen molar-refractivity contribution in [2.45, 2.75) is 58.8 Å². The first-order valence-electron chi connectivity index (χ1n) is 8.73. The van der Waals surface area contributed by atoms with Crippen LogP contribution < -0.4 is 0 Å². The summed E-state index contributed by atoms with van der Waals surface area (Å²) in [4.78, 5) is 0. The summed E-state index contributed by atoms with van der Waals surface area (Å²) < 4.78 is 299. The van der Waals surface area contributed by atoms with E-state index in [1.54, 1.807) is 0 Å². The Kier molecular flexibility index (Phi) is 10.1. The van der Waals surface area contributed by atoms with E-state index in [0.29, 0.717) is 0 Å². The molecule has 0 aliphatic heterocycles. The van der Waals surface area contributed by atoms with E-state index >= 15 is 0 Å². The SMILES string of the molecule is C[N+](C)(C)C.O=S(=O)(O)C(F)(F)C(F)(F)C(F)(F)C(F)(F)C(F)(F)C(F)(F)C(F)(F)C(F)(F)C(F)(F)C(F)(F)F.